The van der Waals surface area contributed by atoms with Gasteiger partial charge in [-0.15, -0.1) is 0 Å². The molecular weight excluding hydrogens is 402 g/mol. The van der Waals surface area contributed by atoms with Gasteiger partial charge in [-0.05, 0) is 74.5 Å². The van der Waals surface area contributed by atoms with Gasteiger partial charge in [0.15, 0.2) is 0 Å². The second-order valence-corrected chi connectivity index (χ2v) is 8.95. The summed E-state index contributed by atoms with van der Waals surface area (Å²) in [6.07, 6.45) is 4.91. The number of nitrogens with one attached hydrogen (secondary N) is 1. The van der Waals surface area contributed by atoms with E-state index in [1.54, 1.807) is 14.1 Å². The SMILES string of the molecule is CN(C)C(=O)Oc1cccc2c1CC[C@@H]1[C@H]2CCN1CCCCNC(=O)c1ccccc1. The minimum absolute atomic E-state index is 0.00138. The third-order valence-corrected chi connectivity index (χ3v) is 6.68. The van der Waals surface area contributed by atoms with E-state index >= 15 is 0 Å². The van der Waals surface area contributed by atoms with Crippen LogP contribution in [-0.4, -0.2) is 61.6 Å². The molecule has 0 radical (unpaired) electrons. The Morgan fingerprint density at radius 1 is 1.06 bits per heavy atom. The van der Waals surface area contributed by atoms with Gasteiger partial charge in [-0.1, -0.05) is 30.3 Å². The first-order valence-electron chi connectivity index (χ1n) is 11.6. The lowest BCUT2D eigenvalue weighted by molar-refractivity contribution is 0.0952. The monoisotopic (exact) mass is 435 g/mol. The Bertz CT molecular complexity index is 945. The summed E-state index contributed by atoms with van der Waals surface area (Å²) in [5, 5.41) is 3.02. The summed E-state index contributed by atoms with van der Waals surface area (Å²) in [4.78, 5) is 28.3. The fourth-order valence-electron chi connectivity index (χ4n) is 5.05. The van der Waals surface area contributed by atoms with Gasteiger partial charge in [-0.3, -0.25) is 9.69 Å². The minimum atomic E-state index is -0.326. The van der Waals surface area contributed by atoms with Gasteiger partial charge >= 0.3 is 6.09 Å². The summed E-state index contributed by atoms with van der Waals surface area (Å²) < 4.78 is 5.63. The predicted octanol–water partition coefficient (Wildman–Crippen LogP) is 4.06. The number of amides is 2. The van der Waals surface area contributed by atoms with Crippen molar-refractivity contribution in [1.29, 1.82) is 0 Å². The maximum absolute atomic E-state index is 12.1. The van der Waals surface area contributed by atoms with E-state index in [1.807, 2.05) is 42.5 Å². The van der Waals surface area contributed by atoms with E-state index in [4.69, 9.17) is 4.74 Å². The third kappa shape index (κ3) is 4.96. The van der Waals surface area contributed by atoms with E-state index in [0.717, 1.165) is 45.2 Å². The largest absolute Gasteiger partial charge is 0.414 e. The van der Waals surface area contributed by atoms with Crippen molar-refractivity contribution in [2.45, 2.75) is 44.1 Å². The first kappa shape index (κ1) is 22.3. The number of carbonyl (C=O) groups is 2. The quantitative estimate of drug-likeness (QED) is 0.666. The smallest absolute Gasteiger partial charge is 0.410 e. The summed E-state index contributed by atoms with van der Waals surface area (Å²) >= 11 is 0. The molecule has 2 atom stereocenters. The Kier molecular flexibility index (Phi) is 7.10. The average Bonchev–Trinajstić information content (AvgIpc) is 3.23. The molecule has 0 bridgehead atoms. The summed E-state index contributed by atoms with van der Waals surface area (Å²) in [6, 6.07) is 16.1. The molecule has 1 heterocycles. The van der Waals surface area contributed by atoms with E-state index in [1.165, 1.54) is 16.0 Å². The van der Waals surface area contributed by atoms with Gasteiger partial charge in [0, 0.05) is 38.2 Å². The van der Waals surface area contributed by atoms with Crippen LogP contribution in [0.2, 0.25) is 0 Å². The number of hydrogen-bond donors (Lipinski definition) is 1. The maximum atomic E-state index is 12.1. The van der Waals surface area contributed by atoms with Gasteiger partial charge in [0.1, 0.15) is 5.75 Å². The van der Waals surface area contributed by atoms with Crippen LogP contribution in [0.15, 0.2) is 48.5 Å². The molecule has 170 valence electrons. The molecule has 6 nitrogen and oxygen atoms in total. The summed E-state index contributed by atoms with van der Waals surface area (Å²) in [5.74, 6) is 1.23. The van der Waals surface area contributed by atoms with Gasteiger partial charge in [-0.25, -0.2) is 4.79 Å². The number of benzene rings is 2. The summed E-state index contributed by atoms with van der Waals surface area (Å²) in [5.41, 5.74) is 3.27. The van der Waals surface area contributed by atoms with Crippen molar-refractivity contribution in [1.82, 2.24) is 15.1 Å². The number of carbonyl (C=O) groups excluding carboxylic acids is 2. The van der Waals surface area contributed by atoms with Crippen LogP contribution < -0.4 is 10.1 Å². The van der Waals surface area contributed by atoms with Gasteiger partial charge in [0.05, 0.1) is 0 Å². The lowest BCUT2D eigenvalue weighted by atomic mass is 9.79. The van der Waals surface area contributed by atoms with Crippen molar-refractivity contribution >= 4 is 12.0 Å². The van der Waals surface area contributed by atoms with Crippen molar-refractivity contribution in [3.8, 4) is 5.75 Å². The lowest BCUT2D eigenvalue weighted by Gasteiger charge is -2.34. The second-order valence-electron chi connectivity index (χ2n) is 8.95. The Morgan fingerprint density at radius 3 is 2.66 bits per heavy atom. The highest BCUT2D eigenvalue weighted by atomic mass is 16.6. The van der Waals surface area contributed by atoms with Gasteiger partial charge in [0.2, 0.25) is 0 Å². The molecule has 4 rings (SSSR count). The zero-order valence-corrected chi connectivity index (χ0v) is 19.0. The van der Waals surface area contributed by atoms with E-state index in [0.29, 0.717) is 29.8 Å². The number of ether oxygens (including phenoxy) is 1. The molecule has 2 aliphatic rings. The van der Waals surface area contributed by atoms with E-state index in [2.05, 4.69) is 16.3 Å². The molecule has 2 aromatic rings. The highest BCUT2D eigenvalue weighted by molar-refractivity contribution is 5.94. The van der Waals surface area contributed by atoms with Crippen LogP contribution in [0.3, 0.4) is 0 Å². The molecular formula is C26H33N3O3. The molecule has 0 saturated carbocycles. The molecule has 6 heteroatoms. The molecule has 1 saturated heterocycles. The van der Waals surface area contributed by atoms with Crippen molar-refractivity contribution < 1.29 is 14.3 Å². The third-order valence-electron chi connectivity index (χ3n) is 6.68. The molecule has 1 fully saturated rings. The van der Waals surface area contributed by atoms with Crippen LogP contribution in [0, 0.1) is 0 Å². The Hall–Kier alpha value is -2.86. The van der Waals surface area contributed by atoms with Crippen LogP contribution in [0.5, 0.6) is 5.75 Å². The highest BCUT2D eigenvalue weighted by Gasteiger charge is 2.39. The maximum Gasteiger partial charge on any atom is 0.414 e. The first-order valence-corrected chi connectivity index (χ1v) is 11.6. The van der Waals surface area contributed by atoms with Crippen LogP contribution in [-0.2, 0) is 6.42 Å². The van der Waals surface area contributed by atoms with Crippen LogP contribution in [0.25, 0.3) is 0 Å². The topological polar surface area (TPSA) is 61.9 Å². The second kappa shape index (κ2) is 10.2. The lowest BCUT2D eigenvalue weighted by Crippen LogP contribution is -2.36. The van der Waals surface area contributed by atoms with Gasteiger partial charge in [-0.2, -0.15) is 0 Å². The van der Waals surface area contributed by atoms with Crippen LogP contribution in [0.4, 0.5) is 4.79 Å². The Labute approximate surface area is 190 Å². The molecule has 1 aliphatic carbocycles. The molecule has 0 spiro atoms. The van der Waals surface area contributed by atoms with Crippen molar-refractivity contribution in [2.24, 2.45) is 0 Å². The normalized spacial score (nSPS) is 19.7. The number of rotatable bonds is 7. The zero-order valence-electron chi connectivity index (χ0n) is 19.0. The molecule has 2 aromatic carbocycles. The van der Waals surface area contributed by atoms with Crippen molar-refractivity contribution in [3.05, 3.63) is 65.2 Å². The standard InChI is InChI=1S/C26H33N3O3/c1-28(2)26(31)32-24-12-8-11-20-21-15-18-29(23(21)14-13-22(20)24)17-7-6-16-27-25(30)19-9-4-3-5-10-19/h3-5,8-12,21,23H,6-7,13-18H2,1-2H3,(H,27,30)/t21-,23+/m0/s1. The molecule has 0 unspecified atom stereocenters. The number of fused-ring (bicyclic) bond motifs is 3. The number of nitrogens with zero attached hydrogens (tertiary/aromatic N) is 2. The molecule has 1 N–H and O–H groups in total. The van der Waals surface area contributed by atoms with Gasteiger partial charge < -0.3 is 15.0 Å². The fourth-order valence-corrected chi connectivity index (χ4v) is 5.05. The Morgan fingerprint density at radius 2 is 1.88 bits per heavy atom. The molecule has 2 amide bonds. The van der Waals surface area contributed by atoms with E-state index in [-0.39, 0.29) is 12.0 Å². The fraction of sp³-hybridized carbons (Fsp3) is 0.462. The van der Waals surface area contributed by atoms with Gasteiger partial charge in [0.25, 0.3) is 5.91 Å². The summed E-state index contributed by atoms with van der Waals surface area (Å²) in [6.45, 7) is 2.87. The Balaban J connectivity index is 1.27. The van der Waals surface area contributed by atoms with Crippen LogP contribution >= 0.6 is 0 Å². The number of unbranched alkanes of at least 4 members (excludes halogenated alkanes) is 1. The first-order chi connectivity index (χ1) is 15.5. The summed E-state index contributed by atoms with van der Waals surface area (Å²) in [7, 11) is 3.41. The molecule has 32 heavy (non-hydrogen) atoms. The average molecular weight is 436 g/mol. The molecule has 1 aliphatic heterocycles. The van der Waals surface area contributed by atoms with E-state index < -0.39 is 0 Å². The predicted molar refractivity (Wildman–Crippen MR) is 125 cm³/mol. The minimum Gasteiger partial charge on any atom is -0.410 e. The number of likely N-dealkylation sites (tertiary alicyclic amines) is 1. The zero-order chi connectivity index (χ0) is 22.5. The van der Waals surface area contributed by atoms with Crippen molar-refractivity contribution in [3.63, 3.8) is 0 Å². The van der Waals surface area contributed by atoms with E-state index in [9.17, 15) is 9.59 Å². The van der Waals surface area contributed by atoms with Crippen LogP contribution in [0.1, 0.15) is 53.1 Å². The van der Waals surface area contributed by atoms with Crippen molar-refractivity contribution in [2.75, 3.05) is 33.7 Å². The molecule has 0 aromatic heterocycles. The highest BCUT2D eigenvalue weighted by Crippen LogP contribution is 2.44. The number of hydrogen-bond acceptors (Lipinski definition) is 4.